The molecule has 0 aliphatic heterocycles. The van der Waals surface area contributed by atoms with Gasteiger partial charge in [-0.2, -0.15) is 0 Å². The van der Waals surface area contributed by atoms with E-state index in [0.29, 0.717) is 0 Å². The van der Waals surface area contributed by atoms with Gasteiger partial charge in [0.25, 0.3) is 0 Å². The smallest absolute Gasteiger partial charge is 1.00 e. The fourth-order valence-electron chi connectivity index (χ4n) is 0.733. The first kappa shape index (κ1) is 13.3. The molecule has 0 saturated carbocycles. The molecule has 1 rings (SSSR count). The summed E-state index contributed by atoms with van der Waals surface area (Å²) in [5, 5.41) is 0. The second-order valence-electron chi connectivity index (χ2n) is 2.25. The Morgan fingerprint density at radius 3 is 2.31 bits per heavy atom. The topological polar surface area (TPSA) is 66.8 Å². The van der Waals surface area contributed by atoms with Gasteiger partial charge in [0.2, 0.25) is 0 Å². The Labute approximate surface area is 99.9 Å². The van der Waals surface area contributed by atoms with Crippen LogP contribution in [0.1, 0.15) is 6.99 Å². The Morgan fingerprint density at radius 2 is 1.85 bits per heavy atom. The van der Waals surface area contributed by atoms with Crippen molar-refractivity contribution in [2.45, 2.75) is 6.61 Å². The molecule has 0 amide bonds. The molecule has 0 unspecified atom stereocenters. The Hall–Kier alpha value is 0.330. The standard InChI is InChI=1S/C7H9O4P.Na.H/c8-12(9,10)11-6-7-4-2-1-3-5-7;;/h1-5H,6H2,(H2,8,9,10);;/q;+1;-1. The van der Waals surface area contributed by atoms with Gasteiger partial charge in [-0.15, -0.1) is 0 Å². The molecule has 1 aromatic carbocycles. The zero-order valence-corrected chi connectivity index (χ0v) is 10.1. The molecule has 2 N–H and O–H groups in total. The van der Waals surface area contributed by atoms with E-state index in [1.165, 1.54) is 0 Å². The predicted molar refractivity (Wildman–Crippen MR) is 44.4 cm³/mol. The van der Waals surface area contributed by atoms with Gasteiger partial charge in [0, 0.05) is 0 Å². The molecule has 6 heteroatoms. The van der Waals surface area contributed by atoms with Gasteiger partial charge in [-0.25, -0.2) is 4.57 Å². The van der Waals surface area contributed by atoms with Gasteiger partial charge in [0.1, 0.15) is 0 Å². The van der Waals surface area contributed by atoms with Crippen LogP contribution in [0.4, 0.5) is 0 Å². The number of rotatable bonds is 3. The first-order chi connectivity index (χ1) is 5.58. The van der Waals surface area contributed by atoms with E-state index >= 15 is 0 Å². The van der Waals surface area contributed by atoms with Gasteiger partial charge < -0.3 is 11.2 Å². The van der Waals surface area contributed by atoms with Crippen molar-refractivity contribution in [3.8, 4) is 0 Å². The number of hydrogen-bond donors (Lipinski definition) is 2. The molecule has 0 bridgehead atoms. The van der Waals surface area contributed by atoms with Crippen LogP contribution in [0, 0.1) is 0 Å². The summed E-state index contributed by atoms with van der Waals surface area (Å²) < 4.78 is 14.6. The van der Waals surface area contributed by atoms with E-state index in [9.17, 15) is 4.57 Å². The van der Waals surface area contributed by atoms with Crippen LogP contribution >= 0.6 is 7.82 Å². The quantitative estimate of drug-likeness (QED) is 0.468. The molecule has 0 spiro atoms. The average Bonchev–Trinajstić information content (AvgIpc) is 2.02. The van der Waals surface area contributed by atoms with E-state index < -0.39 is 7.82 Å². The van der Waals surface area contributed by atoms with Crippen LogP contribution in [0.2, 0.25) is 0 Å². The third kappa shape index (κ3) is 6.41. The van der Waals surface area contributed by atoms with Crippen LogP contribution in [0.15, 0.2) is 30.3 Å². The van der Waals surface area contributed by atoms with Crippen LogP contribution in [-0.4, -0.2) is 9.79 Å². The Kier molecular flexibility index (Phi) is 6.09. The molecule has 0 aliphatic carbocycles. The summed E-state index contributed by atoms with van der Waals surface area (Å²) in [6, 6.07) is 8.84. The maximum Gasteiger partial charge on any atom is 1.00 e. The third-order valence-corrected chi connectivity index (χ3v) is 1.71. The maximum absolute atomic E-state index is 10.3. The molecule has 0 aromatic heterocycles. The number of benzene rings is 1. The van der Waals surface area contributed by atoms with Crippen molar-refractivity contribution in [1.82, 2.24) is 0 Å². The summed E-state index contributed by atoms with van der Waals surface area (Å²) in [5.74, 6) is 0. The third-order valence-electron chi connectivity index (χ3n) is 1.24. The van der Waals surface area contributed by atoms with Crippen molar-refractivity contribution >= 4 is 7.82 Å². The molecular weight excluding hydrogens is 202 g/mol. The molecule has 0 saturated heterocycles. The molecular formula is C7H10NaO4P. The maximum atomic E-state index is 10.3. The summed E-state index contributed by atoms with van der Waals surface area (Å²) in [4.78, 5) is 16.7. The van der Waals surface area contributed by atoms with Crippen LogP contribution in [0.25, 0.3) is 0 Å². The SMILES string of the molecule is O=P(O)(O)OCc1ccccc1.[H-].[Na+]. The van der Waals surface area contributed by atoms with E-state index in [1.807, 2.05) is 6.07 Å². The van der Waals surface area contributed by atoms with Gasteiger partial charge in [0.15, 0.2) is 0 Å². The van der Waals surface area contributed by atoms with E-state index in [1.54, 1.807) is 24.3 Å². The Bertz CT molecular complexity index is 289. The first-order valence-electron chi connectivity index (χ1n) is 3.32. The van der Waals surface area contributed by atoms with E-state index in [2.05, 4.69) is 4.52 Å². The van der Waals surface area contributed by atoms with E-state index in [-0.39, 0.29) is 37.6 Å². The van der Waals surface area contributed by atoms with E-state index in [4.69, 9.17) is 9.79 Å². The molecule has 4 nitrogen and oxygen atoms in total. The number of phosphoric acid groups is 1. The van der Waals surface area contributed by atoms with Gasteiger partial charge >= 0.3 is 37.4 Å². The van der Waals surface area contributed by atoms with E-state index in [0.717, 1.165) is 5.56 Å². The summed E-state index contributed by atoms with van der Waals surface area (Å²) in [7, 11) is -4.33. The van der Waals surface area contributed by atoms with Crippen LogP contribution in [0.5, 0.6) is 0 Å². The average molecular weight is 212 g/mol. The molecule has 13 heavy (non-hydrogen) atoms. The van der Waals surface area contributed by atoms with Crippen molar-refractivity contribution in [3.63, 3.8) is 0 Å². The fourth-order valence-corrected chi connectivity index (χ4v) is 1.05. The van der Waals surface area contributed by atoms with Crippen molar-refractivity contribution in [3.05, 3.63) is 35.9 Å². The van der Waals surface area contributed by atoms with Crippen LogP contribution < -0.4 is 29.6 Å². The normalized spacial score (nSPS) is 10.6. The Morgan fingerprint density at radius 1 is 1.31 bits per heavy atom. The van der Waals surface area contributed by atoms with Gasteiger partial charge in [-0.3, -0.25) is 4.52 Å². The largest absolute Gasteiger partial charge is 1.00 e. The monoisotopic (exact) mass is 212 g/mol. The first-order valence-corrected chi connectivity index (χ1v) is 4.85. The molecule has 0 radical (unpaired) electrons. The number of hydrogen-bond acceptors (Lipinski definition) is 2. The number of phosphoric ester groups is 1. The van der Waals surface area contributed by atoms with Crippen molar-refractivity contribution < 1.29 is 49.9 Å². The van der Waals surface area contributed by atoms with Gasteiger partial charge in [-0.1, -0.05) is 30.3 Å². The van der Waals surface area contributed by atoms with Crippen LogP contribution in [0.3, 0.4) is 0 Å². The predicted octanol–water partition coefficient (Wildman–Crippen LogP) is -1.59. The van der Waals surface area contributed by atoms with Crippen molar-refractivity contribution in [2.75, 3.05) is 0 Å². The van der Waals surface area contributed by atoms with Gasteiger partial charge in [-0.05, 0) is 5.56 Å². The molecule has 1 aromatic rings. The summed E-state index contributed by atoms with van der Waals surface area (Å²) in [5.41, 5.74) is 0.737. The second kappa shape index (κ2) is 5.94. The molecule has 0 aliphatic rings. The Balaban J connectivity index is 0. The molecule has 0 heterocycles. The zero-order valence-electron chi connectivity index (χ0n) is 8.25. The minimum absolute atomic E-state index is 0. The fraction of sp³-hybridized carbons (Fsp3) is 0.143. The minimum Gasteiger partial charge on any atom is -1.00 e. The molecule has 68 valence electrons. The summed E-state index contributed by atoms with van der Waals surface area (Å²) in [6.45, 7) is -0.0644. The zero-order chi connectivity index (χ0) is 9.03. The summed E-state index contributed by atoms with van der Waals surface area (Å²) >= 11 is 0. The van der Waals surface area contributed by atoms with Crippen molar-refractivity contribution in [2.24, 2.45) is 0 Å². The van der Waals surface area contributed by atoms with Crippen LogP contribution in [-0.2, 0) is 15.7 Å². The second-order valence-corrected chi connectivity index (χ2v) is 3.49. The van der Waals surface area contributed by atoms with Gasteiger partial charge in [0.05, 0.1) is 6.61 Å². The molecule has 0 atom stereocenters. The molecule has 0 fully saturated rings. The summed E-state index contributed by atoms with van der Waals surface area (Å²) in [6.07, 6.45) is 0. The van der Waals surface area contributed by atoms with Crippen molar-refractivity contribution in [1.29, 1.82) is 0 Å². The minimum atomic E-state index is -4.33.